The zero-order chi connectivity index (χ0) is 30.6. The average molecular weight is 585 g/mol. The van der Waals surface area contributed by atoms with Gasteiger partial charge in [-0.2, -0.15) is 0 Å². The van der Waals surface area contributed by atoms with Gasteiger partial charge in [0.05, 0.1) is 31.5 Å². The van der Waals surface area contributed by atoms with E-state index < -0.39 is 5.97 Å². The number of methoxy groups -OCH3 is 1. The number of esters is 2. The zero-order valence-corrected chi connectivity index (χ0v) is 24.5. The summed E-state index contributed by atoms with van der Waals surface area (Å²) in [7, 11) is 1.70. The van der Waals surface area contributed by atoms with E-state index in [1.165, 1.54) is 24.3 Å². The minimum atomic E-state index is -0.561. The summed E-state index contributed by atoms with van der Waals surface area (Å²) in [5.41, 5.74) is 2.56. The van der Waals surface area contributed by atoms with Gasteiger partial charge >= 0.3 is 11.9 Å². The molecule has 0 N–H and O–H groups in total. The van der Waals surface area contributed by atoms with Crippen LogP contribution in [0.25, 0.3) is 0 Å². The quantitative estimate of drug-likeness (QED) is 0.0961. The number of ether oxygens (including phenoxy) is 4. The number of benzene rings is 3. The molecule has 224 valence electrons. The molecule has 0 aliphatic heterocycles. The smallest absolute Gasteiger partial charge is 0.338 e. The molecule has 1 aliphatic rings. The Hall–Kier alpha value is -4.56. The fourth-order valence-corrected chi connectivity index (χ4v) is 4.84. The zero-order valence-electron chi connectivity index (χ0n) is 24.5. The number of carbonyl (C=O) groups excluding carboxylic acids is 4. The lowest BCUT2D eigenvalue weighted by molar-refractivity contribution is -0.137. The minimum Gasteiger partial charge on any atom is -0.493 e. The lowest BCUT2D eigenvalue weighted by atomic mass is 9.83. The van der Waals surface area contributed by atoms with Gasteiger partial charge in [-0.25, -0.2) is 9.59 Å². The van der Waals surface area contributed by atoms with Gasteiger partial charge in [-0.15, -0.1) is 0 Å². The van der Waals surface area contributed by atoms with Crippen molar-refractivity contribution in [2.45, 2.75) is 45.1 Å². The molecule has 0 bridgehead atoms. The maximum Gasteiger partial charge on any atom is 0.338 e. The summed E-state index contributed by atoms with van der Waals surface area (Å²) in [4.78, 5) is 49.6. The van der Waals surface area contributed by atoms with E-state index >= 15 is 0 Å². The normalized spacial score (nSPS) is 12.9. The van der Waals surface area contributed by atoms with E-state index in [1.807, 2.05) is 30.3 Å². The number of carbonyl (C=O) groups is 4. The number of rotatable bonds is 15. The van der Waals surface area contributed by atoms with Crippen molar-refractivity contribution in [3.8, 4) is 5.75 Å². The number of unbranched alkanes of at least 4 members (excludes halogenated alkanes) is 1. The van der Waals surface area contributed by atoms with Crippen molar-refractivity contribution in [2.24, 2.45) is 0 Å². The molecule has 8 heteroatoms. The van der Waals surface area contributed by atoms with Crippen LogP contribution >= 0.6 is 0 Å². The molecule has 3 aromatic carbocycles. The van der Waals surface area contributed by atoms with Crippen LogP contribution in [0.2, 0.25) is 0 Å². The fraction of sp³-hybridized carbons (Fsp3) is 0.314. The van der Waals surface area contributed by atoms with Crippen LogP contribution in [0, 0.1) is 0 Å². The number of allylic oxidation sites excluding steroid dienone is 1. The third kappa shape index (κ3) is 8.49. The van der Waals surface area contributed by atoms with E-state index in [2.05, 4.69) is 0 Å². The Kier molecular flexibility index (Phi) is 11.4. The van der Waals surface area contributed by atoms with Gasteiger partial charge in [0.1, 0.15) is 5.75 Å². The summed E-state index contributed by atoms with van der Waals surface area (Å²) in [6, 6.07) is 18.9. The SMILES string of the molecule is CCOC(=O)/C=C/CCCC(Cc1ccc(OCCCOC(=O)c2ccc3c(c2)C(=O)c2ccccc2C3=O)cc1)OC. The van der Waals surface area contributed by atoms with E-state index in [1.54, 1.807) is 38.3 Å². The Morgan fingerprint density at radius 1 is 0.814 bits per heavy atom. The van der Waals surface area contributed by atoms with Crippen molar-refractivity contribution in [2.75, 3.05) is 26.9 Å². The highest BCUT2D eigenvalue weighted by Gasteiger charge is 2.30. The molecule has 0 fully saturated rings. The van der Waals surface area contributed by atoms with Gasteiger partial charge in [0.2, 0.25) is 0 Å². The second-order valence-corrected chi connectivity index (χ2v) is 10.1. The van der Waals surface area contributed by atoms with Gasteiger partial charge in [0.15, 0.2) is 11.6 Å². The van der Waals surface area contributed by atoms with Crippen LogP contribution in [0.3, 0.4) is 0 Å². The number of fused-ring (bicyclic) bond motifs is 2. The minimum absolute atomic E-state index is 0.0713. The molecule has 4 rings (SSSR count). The van der Waals surface area contributed by atoms with E-state index in [-0.39, 0.29) is 46.9 Å². The summed E-state index contributed by atoms with van der Waals surface area (Å²) in [6.45, 7) is 2.66. The van der Waals surface area contributed by atoms with Crippen molar-refractivity contribution in [3.63, 3.8) is 0 Å². The Balaban J connectivity index is 1.17. The Bertz CT molecular complexity index is 1470. The lowest BCUT2D eigenvalue weighted by Crippen LogP contribution is -2.21. The lowest BCUT2D eigenvalue weighted by Gasteiger charge is -2.17. The molecule has 0 spiro atoms. The Morgan fingerprint density at radius 3 is 2.21 bits per heavy atom. The van der Waals surface area contributed by atoms with Gasteiger partial charge in [-0.1, -0.05) is 42.5 Å². The van der Waals surface area contributed by atoms with Gasteiger partial charge in [0.25, 0.3) is 0 Å². The summed E-state index contributed by atoms with van der Waals surface area (Å²) >= 11 is 0. The predicted octanol–water partition coefficient (Wildman–Crippen LogP) is 5.94. The second-order valence-electron chi connectivity index (χ2n) is 10.1. The van der Waals surface area contributed by atoms with Crippen LogP contribution in [-0.4, -0.2) is 56.5 Å². The van der Waals surface area contributed by atoms with Gasteiger partial charge < -0.3 is 18.9 Å². The van der Waals surface area contributed by atoms with Crippen LogP contribution in [0.1, 0.15) is 80.4 Å². The van der Waals surface area contributed by atoms with Crippen molar-refractivity contribution in [3.05, 3.63) is 112 Å². The van der Waals surface area contributed by atoms with E-state index in [0.717, 1.165) is 31.2 Å². The van der Waals surface area contributed by atoms with Crippen molar-refractivity contribution >= 4 is 23.5 Å². The molecule has 43 heavy (non-hydrogen) atoms. The molecule has 0 aromatic heterocycles. The molecule has 1 unspecified atom stereocenters. The molecule has 0 radical (unpaired) electrons. The Morgan fingerprint density at radius 2 is 1.51 bits per heavy atom. The highest BCUT2D eigenvalue weighted by atomic mass is 16.5. The fourth-order valence-electron chi connectivity index (χ4n) is 4.84. The largest absolute Gasteiger partial charge is 0.493 e. The molecule has 3 aromatic rings. The van der Waals surface area contributed by atoms with E-state index in [4.69, 9.17) is 18.9 Å². The molecular formula is C35H36O8. The molecule has 0 heterocycles. The number of hydrogen-bond donors (Lipinski definition) is 0. The van der Waals surface area contributed by atoms with E-state index in [0.29, 0.717) is 36.5 Å². The second kappa shape index (κ2) is 15.6. The van der Waals surface area contributed by atoms with Crippen molar-refractivity contribution in [1.82, 2.24) is 0 Å². The maximum atomic E-state index is 12.9. The van der Waals surface area contributed by atoms with Gasteiger partial charge in [-0.3, -0.25) is 9.59 Å². The van der Waals surface area contributed by atoms with Crippen LogP contribution in [0.4, 0.5) is 0 Å². The topological polar surface area (TPSA) is 105 Å². The summed E-state index contributed by atoms with van der Waals surface area (Å²) in [5.74, 6) is -0.673. The van der Waals surface area contributed by atoms with Gasteiger partial charge in [-0.05, 0) is 68.5 Å². The molecule has 1 atom stereocenters. The standard InChI is InChI=1S/C35H36O8/c1-3-41-32(36)13-6-4-5-10-27(40-2)22-24-14-17-26(18-15-24)42-20-9-21-43-35(39)25-16-19-30-31(23-25)34(38)29-12-8-7-11-28(29)33(30)37/h6-8,11-19,23,27H,3-5,9-10,20-22H2,1-2H3/b13-6+. The van der Waals surface area contributed by atoms with Crippen LogP contribution in [0.5, 0.6) is 5.75 Å². The first-order chi connectivity index (χ1) is 20.9. The molecule has 1 aliphatic carbocycles. The average Bonchev–Trinajstić information content (AvgIpc) is 3.03. The first-order valence-electron chi connectivity index (χ1n) is 14.5. The highest BCUT2D eigenvalue weighted by molar-refractivity contribution is 6.28. The Labute approximate surface area is 251 Å². The molecule has 0 amide bonds. The highest BCUT2D eigenvalue weighted by Crippen LogP contribution is 2.28. The first-order valence-corrected chi connectivity index (χ1v) is 14.5. The summed E-state index contributed by atoms with van der Waals surface area (Å²) in [5, 5.41) is 0. The maximum absolute atomic E-state index is 12.9. The monoisotopic (exact) mass is 584 g/mol. The van der Waals surface area contributed by atoms with Crippen LogP contribution < -0.4 is 4.74 Å². The molecular weight excluding hydrogens is 548 g/mol. The van der Waals surface area contributed by atoms with Crippen molar-refractivity contribution < 1.29 is 38.1 Å². The molecule has 0 saturated carbocycles. The summed E-state index contributed by atoms with van der Waals surface area (Å²) < 4.78 is 21.7. The first kappa shape index (κ1) is 31.4. The van der Waals surface area contributed by atoms with E-state index in [9.17, 15) is 19.2 Å². The third-order valence-electron chi connectivity index (χ3n) is 7.11. The summed E-state index contributed by atoms with van der Waals surface area (Å²) in [6.07, 6.45) is 7.17. The van der Waals surface area contributed by atoms with Crippen LogP contribution in [-0.2, 0) is 25.4 Å². The number of hydrogen-bond acceptors (Lipinski definition) is 8. The van der Waals surface area contributed by atoms with Crippen molar-refractivity contribution in [1.29, 1.82) is 0 Å². The van der Waals surface area contributed by atoms with Crippen LogP contribution in [0.15, 0.2) is 78.9 Å². The predicted molar refractivity (Wildman–Crippen MR) is 161 cm³/mol. The van der Waals surface area contributed by atoms with Gasteiger partial charge in [0, 0.05) is 41.9 Å². The molecule has 8 nitrogen and oxygen atoms in total. The number of ketones is 2. The molecule has 0 saturated heterocycles. The third-order valence-corrected chi connectivity index (χ3v) is 7.11.